The fourth-order valence-corrected chi connectivity index (χ4v) is 2.79. The van der Waals surface area contributed by atoms with Crippen molar-refractivity contribution in [3.05, 3.63) is 0 Å². The van der Waals surface area contributed by atoms with E-state index < -0.39 is 0 Å². The maximum atomic E-state index is 12.2. The molecule has 104 valence electrons. The molecule has 1 aliphatic rings. The molecule has 1 rings (SSSR count). The Bertz CT molecular complexity index is 301. The van der Waals surface area contributed by atoms with Gasteiger partial charge >= 0.3 is 0 Å². The van der Waals surface area contributed by atoms with Crippen molar-refractivity contribution < 1.29 is 9.53 Å². The highest BCUT2D eigenvalue weighted by Crippen LogP contribution is 2.19. The van der Waals surface area contributed by atoms with Crippen LogP contribution in [0.15, 0.2) is 0 Å². The minimum Gasteiger partial charge on any atom is -0.393 e. The molecule has 0 aromatic rings. The van der Waals surface area contributed by atoms with Gasteiger partial charge in [0.2, 0.25) is 5.91 Å². The molecule has 0 bridgehead atoms. The summed E-state index contributed by atoms with van der Waals surface area (Å²) in [6.07, 6.45) is 2.00. The molecule has 1 aliphatic heterocycles. The third-order valence-electron chi connectivity index (χ3n) is 3.60. The van der Waals surface area contributed by atoms with E-state index in [1.165, 1.54) is 0 Å². The van der Waals surface area contributed by atoms with Crippen LogP contribution in [0.3, 0.4) is 0 Å². The van der Waals surface area contributed by atoms with Crippen LogP contribution in [0.1, 0.15) is 33.6 Å². The number of hydrogen-bond donors (Lipinski definition) is 2. The van der Waals surface area contributed by atoms with Gasteiger partial charge in [0.05, 0.1) is 10.9 Å². The Kier molecular flexibility index (Phi) is 6.02. The summed E-state index contributed by atoms with van der Waals surface area (Å²) in [5, 5.41) is 3.05. The molecule has 2 unspecified atom stereocenters. The van der Waals surface area contributed by atoms with Gasteiger partial charge in [0.1, 0.15) is 0 Å². The third-order valence-corrected chi connectivity index (χ3v) is 3.85. The Morgan fingerprint density at radius 2 is 1.89 bits per heavy atom. The number of carbonyl (C=O) groups excluding carboxylic acids is 1. The van der Waals surface area contributed by atoms with Crippen molar-refractivity contribution in [3.63, 3.8) is 0 Å². The van der Waals surface area contributed by atoms with Crippen molar-refractivity contribution in [2.24, 2.45) is 23.5 Å². The van der Waals surface area contributed by atoms with Crippen LogP contribution in [0, 0.1) is 17.8 Å². The molecule has 18 heavy (non-hydrogen) atoms. The molecule has 3 N–H and O–H groups in total. The molecule has 1 heterocycles. The van der Waals surface area contributed by atoms with E-state index in [4.69, 9.17) is 22.7 Å². The number of ether oxygens (including phenoxy) is 1. The summed E-state index contributed by atoms with van der Waals surface area (Å²) in [5.41, 5.74) is 5.64. The van der Waals surface area contributed by atoms with Crippen LogP contribution >= 0.6 is 12.2 Å². The SMILES string of the molecule is CC(C)C(C(=O)NC(C)C1CCOCC1)C(N)=S. The number of thiocarbonyl (C=S) groups is 1. The molecule has 1 amide bonds. The largest absolute Gasteiger partial charge is 0.393 e. The fraction of sp³-hybridized carbons (Fsp3) is 0.846. The van der Waals surface area contributed by atoms with Crippen LogP contribution in [-0.4, -0.2) is 30.2 Å². The van der Waals surface area contributed by atoms with Gasteiger partial charge < -0.3 is 15.8 Å². The van der Waals surface area contributed by atoms with Gasteiger partial charge in [-0.15, -0.1) is 0 Å². The minimum atomic E-state index is -0.373. The number of amides is 1. The summed E-state index contributed by atoms with van der Waals surface area (Å²) in [6.45, 7) is 7.54. The lowest BCUT2D eigenvalue weighted by Crippen LogP contribution is -2.47. The molecule has 2 atom stereocenters. The number of nitrogens with two attached hydrogens (primary N) is 1. The minimum absolute atomic E-state index is 0.0449. The van der Waals surface area contributed by atoms with E-state index in [1.54, 1.807) is 0 Å². The number of nitrogens with one attached hydrogen (secondary N) is 1. The van der Waals surface area contributed by atoms with E-state index in [2.05, 4.69) is 5.32 Å². The first-order valence-electron chi connectivity index (χ1n) is 6.61. The zero-order valence-electron chi connectivity index (χ0n) is 11.4. The molecule has 0 aliphatic carbocycles. The lowest BCUT2D eigenvalue weighted by Gasteiger charge is -2.30. The van der Waals surface area contributed by atoms with Gasteiger partial charge in [-0.1, -0.05) is 26.1 Å². The molecule has 5 heteroatoms. The van der Waals surface area contributed by atoms with Crippen LogP contribution in [0.4, 0.5) is 0 Å². The van der Waals surface area contributed by atoms with E-state index in [1.807, 2.05) is 20.8 Å². The highest BCUT2D eigenvalue weighted by Gasteiger charge is 2.28. The van der Waals surface area contributed by atoms with Gasteiger partial charge in [-0.3, -0.25) is 4.79 Å². The third kappa shape index (κ3) is 4.21. The Labute approximate surface area is 115 Å². The number of hydrogen-bond acceptors (Lipinski definition) is 3. The first kappa shape index (κ1) is 15.4. The zero-order valence-corrected chi connectivity index (χ0v) is 12.3. The predicted molar refractivity (Wildman–Crippen MR) is 76.3 cm³/mol. The summed E-state index contributed by atoms with van der Waals surface area (Å²) < 4.78 is 5.33. The first-order valence-corrected chi connectivity index (χ1v) is 7.01. The molecule has 0 aromatic carbocycles. The molecular weight excluding hydrogens is 248 g/mol. The molecule has 4 nitrogen and oxygen atoms in total. The van der Waals surface area contributed by atoms with Crippen molar-refractivity contribution in [2.75, 3.05) is 13.2 Å². The fourth-order valence-electron chi connectivity index (χ4n) is 2.41. The maximum absolute atomic E-state index is 12.2. The summed E-state index contributed by atoms with van der Waals surface area (Å²) >= 11 is 4.98. The van der Waals surface area contributed by atoms with Crippen molar-refractivity contribution >= 4 is 23.1 Å². The Morgan fingerprint density at radius 3 is 2.33 bits per heavy atom. The average Bonchev–Trinajstić information content (AvgIpc) is 2.28. The van der Waals surface area contributed by atoms with Gasteiger partial charge in [-0.2, -0.15) is 0 Å². The van der Waals surface area contributed by atoms with Crippen molar-refractivity contribution in [1.82, 2.24) is 5.32 Å². The highest BCUT2D eigenvalue weighted by atomic mass is 32.1. The quantitative estimate of drug-likeness (QED) is 0.744. The second-order valence-electron chi connectivity index (χ2n) is 5.37. The maximum Gasteiger partial charge on any atom is 0.230 e. The van der Waals surface area contributed by atoms with Crippen LogP contribution in [0.5, 0.6) is 0 Å². The summed E-state index contributed by atoms with van der Waals surface area (Å²) in [4.78, 5) is 12.4. The molecular formula is C13H24N2O2S. The highest BCUT2D eigenvalue weighted by molar-refractivity contribution is 7.80. The Morgan fingerprint density at radius 1 is 1.33 bits per heavy atom. The first-order chi connectivity index (χ1) is 8.43. The van der Waals surface area contributed by atoms with E-state index in [0.29, 0.717) is 5.92 Å². The van der Waals surface area contributed by atoms with Gasteiger partial charge in [-0.25, -0.2) is 0 Å². The molecule has 1 saturated heterocycles. The van der Waals surface area contributed by atoms with E-state index >= 15 is 0 Å². The normalized spacial score (nSPS) is 20.4. The molecule has 0 saturated carbocycles. The summed E-state index contributed by atoms with van der Waals surface area (Å²) in [5.74, 6) is 0.199. The number of rotatable bonds is 5. The van der Waals surface area contributed by atoms with Gasteiger partial charge in [-0.05, 0) is 31.6 Å². The van der Waals surface area contributed by atoms with Gasteiger partial charge in [0.15, 0.2) is 0 Å². The smallest absolute Gasteiger partial charge is 0.230 e. The molecule has 1 fully saturated rings. The molecule has 0 radical (unpaired) electrons. The van der Waals surface area contributed by atoms with Crippen molar-refractivity contribution in [1.29, 1.82) is 0 Å². The summed E-state index contributed by atoms with van der Waals surface area (Å²) in [7, 11) is 0. The molecule has 0 aromatic heterocycles. The van der Waals surface area contributed by atoms with Crippen molar-refractivity contribution in [2.45, 2.75) is 39.7 Å². The lowest BCUT2D eigenvalue weighted by molar-refractivity contribution is -0.125. The van der Waals surface area contributed by atoms with Crippen LogP contribution in [0.25, 0.3) is 0 Å². The predicted octanol–water partition coefficient (Wildman–Crippen LogP) is 1.48. The Balaban J connectivity index is 2.53. The monoisotopic (exact) mass is 272 g/mol. The van der Waals surface area contributed by atoms with Gasteiger partial charge in [0.25, 0.3) is 0 Å². The van der Waals surface area contributed by atoms with Crippen LogP contribution in [0.2, 0.25) is 0 Å². The van der Waals surface area contributed by atoms with E-state index in [9.17, 15) is 4.79 Å². The molecule has 0 spiro atoms. The second kappa shape index (κ2) is 7.04. The summed E-state index contributed by atoms with van der Waals surface area (Å²) in [6, 6.07) is 0.150. The standard InChI is InChI=1S/C13H24N2O2S/c1-8(2)11(12(14)18)13(16)15-9(3)10-4-6-17-7-5-10/h8-11H,4-7H2,1-3H3,(H2,14,18)(H,15,16). The number of carbonyl (C=O) groups is 1. The Hall–Kier alpha value is -0.680. The van der Waals surface area contributed by atoms with E-state index in [0.717, 1.165) is 26.1 Å². The van der Waals surface area contributed by atoms with Gasteiger partial charge in [0, 0.05) is 19.3 Å². The second-order valence-corrected chi connectivity index (χ2v) is 5.84. The average molecular weight is 272 g/mol. The van der Waals surface area contributed by atoms with E-state index in [-0.39, 0.29) is 28.8 Å². The van der Waals surface area contributed by atoms with Crippen molar-refractivity contribution in [3.8, 4) is 0 Å². The topological polar surface area (TPSA) is 64.3 Å². The van der Waals surface area contributed by atoms with Crippen LogP contribution < -0.4 is 11.1 Å². The zero-order chi connectivity index (χ0) is 13.7. The lowest BCUT2D eigenvalue weighted by atomic mass is 9.90. The van der Waals surface area contributed by atoms with Crippen LogP contribution in [-0.2, 0) is 9.53 Å².